The van der Waals surface area contributed by atoms with Crippen molar-refractivity contribution in [2.24, 2.45) is 0 Å². The Morgan fingerprint density at radius 1 is 1.04 bits per heavy atom. The zero-order chi connectivity index (χ0) is 17.1. The van der Waals surface area contributed by atoms with Gasteiger partial charge in [-0.05, 0) is 23.1 Å². The predicted octanol–water partition coefficient (Wildman–Crippen LogP) is 2.96. The summed E-state index contributed by atoms with van der Waals surface area (Å²) in [4.78, 5) is 14.5. The highest BCUT2D eigenvalue weighted by molar-refractivity contribution is 5.79. The number of hydrogen-bond donors (Lipinski definition) is 0. The van der Waals surface area contributed by atoms with Crippen molar-refractivity contribution in [1.29, 1.82) is 0 Å². The Bertz CT molecular complexity index is 828. The van der Waals surface area contributed by atoms with Crippen molar-refractivity contribution in [2.75, 3.05) is 13.1 Å². The maximum Gasteiger partial charge on any atom is 0.227 e. The zero-order valence-corrected chi connectivity index (χ0v) is 14.0. The minimum atomic E-state index is 0.176. The van der Waals surface area contributed by atoms with Crippen molar-refractivity contribution >= 4 is 5.91 Å². The van der Waals surface area contributed by atoms with Crippen molar-refractivity contribution in [1.82, 2.24) is 19.9 Å². The number of nitrogens with zero attached hydrogens (tertiary/aromatic N) is 4. The predicted molar refractivity (Wildman–Crippen MR) is 95.8 cm³/mol. The van der Waals surface area contributed by atoms with Gasteiger partial charge in [-0.25, -0.2) is 4.68 Å². The fourth-order valence-corrected chi connectivity index (χ4v) is 3.33. The molecule has 4 rings (SSSR count). The van der Waals surface area contributed by atoms with Crippen molar-refractivity contribution in [2.45, 2.75) is 18.9 Å². The van der Waals surface area contributed by atoms with Gasteiger partial charge in [-0.2, -0.15) is 0 Å². The van der Waals surface area contributed by atoms with Crippen LogP contribution in [0.5, 0.6) is 0 Å². The van der Waals surface area contributed by atoms with Gasteiger partial charge < -0.3 is 4.90 Å². The Kier molecular flexibility index (Phi) is 4.29. The van der Waals surface area contributed by atoms with Gasteiger partial charge in [0.25, 0.3) is 0 Å². The Morgan fingerprint density at radius 3 is 2.52 bits per heavy atom. The van der Waals surface area contributed by atoms with E-state index in [9.17, 15) is 4.79 Å². The van der Waals surface area contributed by atoms with Gasteiger partial charge in [-0.15, -0.1) is 5.10 Å². The van der Waals surface area contributed by atoms with Gasteiger partial charge in [0.05, 0.1) is 18.7 Å². The summed E-state index contributed by atoms with van der Waals surface area (Å²) in [7, 11) is 0. The molecule has 1 aromatic heterocycles. The summed E-state index contributed by atoms with van der Waals surface area (Å²) in [6.45, 7) is 1.50. The highest BCUT2D eigenvalue weighted by Crippen LogP contribution is 2.22. The average molecular weight is 332 g/mol. The molecule has 5 heteroatoms. The molecule has 1 aliphatic heterocycles. The summed E-state index contributed by atoms with van der Waals surface area (Å²) < 4.78 is 1.85. The number of amides is 1. The average Bonchev–Trinajstić information content (AvgIpc) is 3.35. The number of likely N-dealkylation sites (tertiary alicyclic amines) is 1. The second-order valence-electron chi connectivity index (χ2n) is 6.41. The van der Waals surface area contributed by atoms with E-state index < -0.39 is 0 Å². The first kappa shape index (κ1) is 15.6. The van der Waals surface area contributed by atoms with Gasteiger partial charge in [-0.3, -0.25) is 4.79 Å². The molecule has 1 saturated heterocycles. The molecule has 0 radical (unpaired) electrons. The van der Waals surface area contributed by atoms with Crippen molar-refractivity contribution in [3.8, 4) is 11.1 Å². The number of benzene rings is 2. The SMILES string of the molecule is O=C(Cc1ccc(-c2ccccc2)cc1)N1CCC(n2ccnn2)C1. The van der Waals surface area contributed by atoms with E-state index in [4.69, 9.17) is 0 Å². The first-order valence-corrected chi connectivity index (χ1v) is 8.57. The summed E-state index contributed by atoms with van der Waals surface area (Å²) >= 11 is 0. The molecule has 1 amide bonds. The van der Waals surface area contributed by atoms with Gasteiger partial charge in [0, 0.05) is 19.3 Å². The van der Waals surface area contributed by atoms with Crippen LogP contribution in [-0.4, -0.2) is 38.9 Å². The van der Waals surface area contributed by atoms with Crippen molar-refractivity contribution in [3.63, 3.8) is 0 Å². The van der Waals surface area contributed by atoms with Crippen molar-refractivity contribution < 1.29 is 4.79 Å². The summed E-state index contributed by atoms with van der Waals surface area (Å²) in [5, 5.41) is 7.89. The topological polar surface area (TPSA) is 51.0 Å². The van der Waals surface area contributed by atoms with Crippen molar-refractivity contribution in [3.05, 3.63) is 72.6 Å². The van der Waals surface area contributed by atoms with E-state index in [1.165, 1.54) is 11.1 Å². The molecular weight excluding hydrogens is 312 g/mol. The van der Waals surface area contributed by atoms with Crippen LogP contribution < -0.4 is 0 Å². The van der Waals surface area contributed by atoms with Gasteiger partial charge in [0.1, 0.15) is 0 Å². The number of aromatic nitrogens is 3. The third-order valence-corrected chi connectivity index (χ3v) is 4.75. The van der Waals surface area contributed by atoms with Crippen LogP contribution in [0.3, 0.4) is 0 Å². The summed E-state index contributed by atoms with van der Waals surface area (Å²) in [6, 6.07) is 18.8. The molecule has 25 heavy (non-hydrogen) atoms. The van der Waals surface area contributed by atoms with Gasteiger partial charge in [-0.1, -0.05) is 59.8 Å². The van der Waals surface area contributed by atoms with E-state index in [1.54, 1.807) is 6.20 Å². The van der Waals surface area contributed by atoms with Gasteiger partial charge >= 0.3 is 0 Å². The fraction of sp³-hybridized carbons (Fsp3) is 0.250. The number of carbonyl (C=O) groups excluding carboxylic acids is 1. The molecule has 126 valence electrons. The number of carbonyl (C=O) groups is 1. The lowest BCUT2D eigenvalue weighted by molar-refractivity contribution is -0.129. The van der Waals surface area contributed by atoms with E-state index in [0.29, 0.717) is 13.0 Å². The molecular formula is C20H20N4O. The molecule has 2 heterocycles. The molecule has 3 aromatic rings. The Labute approximate surface area is 146 Å². The molecule has 0 bridgehead atoms. The van der Waals surface area contributed by atoms with Crippen LogP contribution in [0.15, 0.2) is 67.0 Å². The minimum absolute atomic E-state index is 0.176. The highest BCUT2D eigenvalue weighted by atomic mass is 16.2. The monoisotopic (exact) mass is 332 g/mol. The molecule has 5 nitrogen and oxygen atoms in total. The number of rotatable bonds is 4. The smallest absolute Gasteiger partial charge is 0.227 e. The van der Waals surface area contributed by atoms with E-state index in [-0.39, 0.29) is 11.9 Å². The molecule has 0 spiro atoms. The molecule has 2 aromatic carbocycles. The Morgan fingerprint density at radius 2 is 1.80 bits per heavy atom. The van der Waals surface area contributed by atoms with Crippen LogP contribution in [0.4, 0.5) is 0 Å². The third kappa shape index (κ3) is 3.45. The van der Waals surface area contributed by atoms with Crippen LogP contribution in [0.2, 0.25) is 0 Å². The fourth-order valence-electron chi connectivity index (χ4n) is 3.33. The molecule has 0 saturated carbocycles. The lowest BCUT2D eigenvalue weighted by atomic mass is 10.0. The van der Waals surface area contributed by atoms with Crippen LogP contribution >= 0.6 is 0 Å². The van der Waals surface area contributed by atoms with Crippen LogP contribution in [0.25, 0.3) is 11.1 Å². The third-order valence-electron chi connectivity index (χ3n) is 4.75. The summed E-state index contributed by atoms with van der Waals surface area (Å²) in [5.74, 6) is 0.176. The van der Waals surface area contributed by atoms with Gasteiger partial charge in [0.2, 0.25) is 5.91 Å². The molecule has 0 aliphatic carbocycles. The maximum atomic E-state index is 12.6. The first-order valence-electron chi connectivity index (χ1n) is 8.57. The maximum absolute atomic E-state index is 12.6. The largest absolute Gasteiger partial charge is 0.340 e. The normalized spacial score (nSPS) is 17.0. The molecule has 1 aliphatic rings. The Balaban J connectivity index is 1.38. The van der Waals surface area contributed by atoms with Crippen LogP contribution in [0.1, 0.15) is 18.0 Å². The molecule has 1 fully saturated rings. The quantitative estimate of drug-likeness (QED) is 0.738. The summed E-state index contributed by atoms with van der Waals surface area (Å²) in [5.41, 5.74) is 3.41. The lowest BCUT2D eigenvalue weighted by Crippen LogP contribution is -2.30. The van der Waals surface area contributed by atoms with E-state index in [1.807, 2.05) is 46.1 Å². The van der Waals surface area contributed by atoms with E-state index in [2.05, 4.69) is 34.6 Å². The van der Waals surface area contributed by atoms with Gasteiger partial charge in [0.15, 0.2) is 0 Å². The van der Waals surface area contributed by atoms with Crippen LogP contribution in [-0.2, 0) is 11.2 Å². The van der Waals surface area contributed by atoms with E-state index in [0.717, 1.165) is 18.5 Å². The molecule has 0 N–H and O–H groups in total. The Hall–Kier alpha value is -2.95. The molecule has 1 atom stereocenters. The van der Waals surface area contributed by atoms with Crippen LogP contribution in [0, 0.1) is 0 Å². The molecule has 1 unspecified atom stereocenters. The number of hydrogen-bond acceptors (Lipinski definition) is 3. The lowest BCUT2D eigenvalue weighted by Gasteiger charge is -2.16. The standard InChI is InChI=1S/C20H20N4O/c25-20(23-12-10-19(15-23)24-13-11-21-22-24)14-16-6-8-18(9-7-16)17-4-2-1-3-5-17/h1-9,11,13,19H,10,12,14-15H2. The second-order valence-corrected chi connectivity index (χ2v) is 6.41. The van der Waals surface area contributed by atoms with E-state index >= 15 is 0 Å². The minimum Gasteiger partial charge on any atom is -0.340 e. The summed E-state index contributed by atoms with van der Waals surface area (Å²) in [6.07, 6.45) is 4.92. The first-order chi connectivity index (χ1) is 12.3. The highest BCUT2D eigenvalue weighted by Gasteiger charge is 2.27. The zero-order valence-electron chi connectivity index (χ0n) is 14.0. The second kappa shape index (κ2) is 6.89.